The number of rotatable bonds is 11. The largest absolute Gasteiger partial charge is 0.383 e. The fourth-order valence-corrected chi connectivity index (χ4v) is 3.14. The Morgan fingerprint density at radius 2 is 1.83 bits per heavy atom. The average molecular weight is 396 g/mol. The predicted octanol–water partition coefficient (Wildman–Crippen LogP) is 2.59. The van der Waals surface area contributed by atoms with Gasteiger partial charge in [-0.1, -0.05) is 24.3 Å². The van der Waals surface area contributed by atoms with Crippen molar-refractivity contribution in [3.63, 3.8) is 0 Å². The highest BCUT2D eigenvalue weighted by Crippen LogP contribution is 2.11. The number of hydrogen-bond acceptors (Lipinski definition) is 5. The minimum Gasteiger partial charge on any atom is -0.383 e. The number of imidazole rings is 1. The second kappa shape index (κ2) is 10.7. The maximum Gasteiger partial charge on any atom is 0.251 e. The van der Waals surface area contributed by atoms with Gasteiger partial charge in [-0.05, 0) is 29.8 Å². The van der Waals surface area contributed by atoms with E-state index in [2.05, 4.69) is 20.2 Å². The van der Waals surface area contributed by atoms with E-state index in [1.165, 1.54) is 0 Å². The van der Waals surface area contributed by atoms with Gasteiger partial charge in [-0.2, -0.15) is 0 Å². The van der Waals surface area contributed by atoms with Crippen LogP contribution in [0.2, 0.25) is 0 Å². The number of nitrogens with zero attached hydrogens (tertiary/aromatic N) is 2. The number of fused-ring (bicyclic) bond motifs is 1. The second-order valence-electron chi connectivity index (χ2n) is 6.85. The van der Waals surface area contributed by atoms with Crippen molar-refractivity contribution in [2.24, 2.45) is 0 Å². The number of ether oxygens (including phenoxy) is 2. The molecule has 0 aliphatic carbocycles. The summed E-state index contributed by atoms with van der Waals surface area (Å²) < 4.78 is 10.4. The number of aromatic amines is 1. The predicted molar refractivity (Wildman–Crippen MR) is 113 cm³/mol. The van der Waals surface area contributed by atoms with Crippen molar-refractivity contribution < 1.29 is 14.3 Å². The monoisotopic (exact) mass is 396 g/mol. The highest BCUT2D eigenvalue weighted by Gasteiger charge is 2.10. The number of benzene rings is 2. The Kier molecular flexibility index (Phi) is 7.75. The zero-order valence-electron chi connectivity index (χ0n) is 17.0. The van der Waals surface area contributed by atoms with Crippen LogP contribution in [0.15, 0.2) is 48.5 Å². The van der Waals surface area contributed by atoms with Gasteiger partial charge in [-0.25, -0.2) is 4.98 Å². The molecule has 2 aromatic carbocycles. The number of H-pyrrole nitrogens is 1. The van der Waals surface area contributed by atoms with Crippen LogP contribution >= 0.6 is 0 Å². The molecule has 0 unspecified atom stereocenters. The van der Waals surface area contributed by atoms with Gasteiger partial charge in [0.2, 0.25) is 0 Å². The molecule has 29 heavy (non-hydrogen) atoms. The molecule has 0 spiro atoms. The first kappa shape index (κ1) is 21.0. The third kappa shape index (κ3) is 6.12. The van der Waals surface area contributed by atoms with Crippen LogP contribution in [0.1, 0.15) is 21.7 Å². The normalized spacial score (nSPS) is 11.3. The van der Waals surface area contributed by atoms with Gasteiger partial charge in [0.05, 0.1) is 30.8 Å². The number of carbonyl (C=O) groups is 1. The van der Waals surface area contributed by atoms with Crippen LogP contribution in [0.3, 0.4) is 0 Å². The standard InChI is InChI=1S/C22H28N4O3/c1-28-12-10-26(11-13-29-2)16-17-6-5-7-18(14-17)22(27)23-15-21-24-19-8-3-4-9-20(19)25-21/h3-9,14H,10-13,15-16H2,1-2H3,(H,23,27)(H,24,25). The number of para-hydroxylation sites is 2. The first-order chi connectivity index (χ1) is 14.2. The van der Waals surface area contributed by atoms with E-state index < -0.39 is 0 Å². The zero-order chi connectivity index (χ0) is 20.5. The van der Waals surface area contributed by atoms with E-state index in [1.54, 1.807) is 14.2 Å². The quantitative estimate of drug-likeness (QED) is 0.521. The smallest absolute Gasteiger partial charge is 0.251 e. The van der Waals surface area contributed by atoms with Crippen LogP contribution in [0.25, 0.3) is 11.0 Å². The molecule has 0 aliphatic heterocycles. The average Bonchev–Trinajstić information content (AvgIpc) is 3.17. The molecule has 1 heterocycles. The third-order valence-corrected chi connectivity index (χ3v) is 4.67. The summed E-state index contributed by atoms with van der Waals surface area (Å²) in [4.78, 5) is 22.6. The summed E-state index contributed by atoms with van der Waals surface area (Å²) in [7, 11) is 3.39. The number of carbonyl (C=O) groups excluding carboxylic acids is 1. The molecule has 2 N–H and O–H groups in total. The van der Waals surface area contributed by atoms with Crippen molar-refractivity contribution in [2.75, 3.05) is 40.5 Å². The molecule has 7 heteroatoms. The van der Waals surface area contributed by atoms with Crippen LogP contribution in [0.4, 0.5) is 0 Å². The molecule has 0 saturated carbocycles. The lowest BCUT2D eigenvalue weighted by Crippen LogP contribution is -2.30. The number of aromatic nitrogens is 2. The summed E-state index contributed by atoms with van der Waals surface area (Å²) in [5.41, 5.74) is 3.57. The Bertz CT molecular complexity index is 884. The Balaban J connectivity index is 1.60. The molecular weight excluding hydrogens is 368 g/mol. The van der Waals surface area contributed by atoms with Gasteiger partial charge in [0.1, 0.15) is 5.82 Å². The minimum atomic E-state index is -0.118. The summed E-state index contributed by atoms with van der Waals surface area (Å²) in [5, 5.41) is 2.94. The van der Waals surface area contributed by atoms with Gasteiger partial charge < -0.3 is 19.8 Å². The third-order valence-electron chi connectivity index (χ3n) is 4.67. The van der Waals surface area contributed by atoms with Gasteiger partial charge in [0, 0.05) is 39.4 Å². The van der Waals surface area contributed by atoms with Crippen molar-refractivity contribution in [1.29, 1.82) is 0 Å². The van der Waals surface area contributed by atoms with Gasteiger partial charge >= 0.3 is 0 Å². The molecule has 1 amide bonds. The Labute approximate surface area is 171 Å². The Morgan fingerprint density at radius 1 is 1.07 bits per heavy atom. The van der Waals surface area contributed by atoms with Gasteiger partial charge in [-0.3, -0.25) is 9.69 Å². The SMILES string of the molecule is COCCN(CCOC)Cc1cccc(C(=O)NCc2nc3ccccc3[nH]2)c1. The fourth-order valence-electron chi connectivity index (χ4n) is 3.14. The minimum absolute atomic E-state index is 0.118. The molecule has 1 aromatic heterocycles. The van der Waals surface area contributed by atoms with E-state index in [-0.39, 0.29) is 5.91 Å². The van der Waals surface area contributed by atoms with Gasteiger partial charge in [-0.15, -0.1) is 0 Å². The number of methoxy groups -OCH3 is 2. The van der Waals surface area contributed by atoms with Gasteiger partial charge in [0.15, 0.2) is 0 Å². The molecular formula is C22H28N4O3. The topological polar surface area (TPSA) is 79.5 Å². The molecule has 0 saturated heterocycles. The van der Waals surface area contributed by atoms with Crippen molar-refractivity contribution in [1.82, 2.24) is 20.2 Å². The number of amides is 1. The van der Waals surface area contributed by atoms with Crippen molar-refractivity contribution >= 4 is 16.9 Å². The van der Waals surface area contributed by atoms with Crippen LogP contribution in [-0.4, -0.2) is 61.3 Å². The Morgan fingerprint density at radius 3 is 2.55 bits per heavy atom. The zero-order valence-corrected chi connectivity index (χ0v) is 17.0. The first-order valence-electron chi connectivity index (χ1n) is 9.70. The summed E-state index contributed by atoms with van der Waals surface area (Å²) in [6, 6.07) is 15.5. The lowest BCUT2D eigenvalue weighted by Gasteiger charge is -2.21. The van der Waals surface area contributed by atoms with Crippen LogP contribution in [-0.2, 0) is 22.6 Å². The Hall–Kier alpha value is -2.74. The number of hydrogen-bond donors (Lipinski definition) is 2. The molecule has 0 atom stereocenters. The highest BCUT2D eigenvalue weighted by molar-refractivity contribution is 5.94. The van der Waals surface area contributed by atoms with Crippen molar-refractivity contribution in [2.45, 2.75) is 13.1 Å². The fraction of sp³-hybridized carbons (Fsp3) is 0.364. The highest BCUT2D eigenvalue weighted by atomic mass is 16.5. The van der Waals surface area contributed by atoms with Gasteiger partial charge in [0.25, 0.3) is 5.91 Å². The van der Waals surface area contributed by atoms with Crippen molar-refractivity contribution in [3.8, 4) is 0 Å². The maximum atomic E-state index is 12.6. The van der Waals surface area contributed by atoms with E-state index in [0.29, 0.717) is 25.3 Å². The second-order valence-corrected chi connectivity index (χ2v) is 6.85. The lowest BCUT2D eigenvalue weighted by atomic mass is 10.1. The molecule has 0 radical (unpaired) electrons. The van der Waals surface area contributed by atoms with E-state index >= 15 is 0 Å². The molecule has 3 aromatic rings. The number of nitrogens with one attached hydrogen (secondary N) is 2. The van der Waals surface area contributed by atoms with E-state index in [4.69, 9.17) is 9.47 Å². The van der Waals surface area contributed by atoms with Crippen LogP contribution < -0.4 is 5.32 Å². The molecule has 0 bridgehead atoms. The molecule has 3 rings (SSSR count). The van der Waals surface area contributed by atoms with Crippen LogP contribution in [0.5, 0.6) is 0 Å². The summed E-state index contributed by atoms with van der Waals surface area (Å²) >= 11 is 0. The van der Waals surface area contributed by atoms with E-state index in [0.717, 1.165) is 42.1 Å². The van der Waals surface area contributed by atoms with E-state index in [9.17, 15) is 4.79 Å². The molecule has 0 aliphatic rings. The summed E-state index contributed by atoms with van der Waals surface area (Å²) in [6.45, 7) is 4.01. The van der Waals surface area contributed by atoms with Crippen molar-refractivity contribution in [3.05, 3.63) is 65.5 Å². The first-order valence-corrected chi connectivity index (χ1v) is 9.70. The molecule has 0 fully saturated rings. The summed E-state index contributed by atoms with van der Waals surface area (Å²) in [6.07, 6.45) is 0. The summed E-state index contributed by atoms with van der Waals surface area (Å²) in [5.74, 6) is 0.619. The van der Waals surface area contributed by atoms with Crippen LogP contribution in [0, 0.1) is 0 Å². The molecule has 154 valence electrons. The lowest BCUT2D eigenvalue weighted by molar-refractivity contribution is 0.0949. The molecule has 7 nitrogen and oxygen atoms in total. The maximum absolute atomic E-state index is 12.6. The van der Waals surface area contributed by atoms with E-state index in [1.807, 2.05) is 48.5 Å².